The topological polar surface area (TPSA) is 73.0 Å². The third kappa shape index (κ3) is 3.16. The van der Waals surface area contributed by atoms with E-state index in [0.29, 0.717) is 16.6 Å². The van der Waals surface area contributed by atoms with Crippen LogP contribution in [0.2, 0.25) is 0 Å². The number of nitrogens with one attached hydrogen (secondary N) is 1. The number of anilines is 1. The van der Waals surface area contributed by atoms with Crippen LogP contribution in [0.15, 0.2) is 29.0 Å². The summed E-state index contributed by atoms with van der Waals surface area (Å²) in [4.78, 5) is 14.7. The summed E-state index contributed by atoms with van der Waals surface area (Å²) in [7, 11) is 1.95. The van der Waals surface area contributed by atoms with Gasteiger partial charge in [0.05, 0.1) is 4.92 Å². The maximum absolute atomic E-state index is 10.8. The van der Waals surface area contributed by atoms with Crippen molar-refractivity contribution in [1.29, 1.82) is 0 Å². The van der Waals surface area contributed by atoms with Crippen molar-refractivity contribution in [3.05, 3.63) is 50.5 Å². The monoisotopic (exact) mass is 338 g/mol. The molecule has 1 aromatic heterocycles. The standard InChI is InChI=1S/C13H15BrN4O2/c1-9-7-11(10(14)8-12(9)18(19)20)15-4-3-13-16-5-6-17(13)2/h5-8,15H,3-4H2,1-2H3. The lowest BCUT2D eigenvalue weighted by Gasteiger charge is -2.10. The molecule has 0 saturated carbocycles. The molecule has 1 N–H and O–H groups in total. The van der Waals surface area contributed by atoms with Crippen molar-refractivity contribution in [2.45, 2.75) is 13.3 Å². The normalized spacial score (nSPS) is 10.6. The van der Waals surface area contributed by atoms with E-state index in [2.05, 4.69) is 26.2 Å². The van der Waals surface area contributed by atoms with Crippen LogP contribution < -0.4 is 5.32 Å². The zero-order chi connectivity index (χ0) is 14.7. The smallest absolute Gasteiger partial charge is 0.273 e. The van der Waals surface area contributed by atoms with Gasteiger partial charge in [-0.25, -0.2) is 4.98 Å². The van der Waals surface area contributed by atoms with Gasteiger partial charge >= 0.3 is 0 Å². The molecule has 0 unspecified atom stereocenters. The zero-order valence-corrected chi connectivity index (χ0v) is 12.8. The SMILES string of the molecule is Cc1cc(NCCc2nccn2C)c(Br)cc1[N+](=O)[O-]. The molecule has 2 aromatic rings. The van der Waals surface area contributed by atoms with Gasteiger partial charge in [-0.2, -0.15) is 0 Å². The van der Waals surface area contributed by atoms with Crippen LogP contribution in [0, 0.1) is 17.0 Å². The van der Waals surface area contributed by atoms with Crippen molar-refractivity contribution in [1.82, 2.24) is 9.55 Å². The van der Waals surface area contributed by atoms with E-state index in [0.717, 1.165) is 17.9 Å². The van der Waals surface area contributed by atoms with Gasteiger partial charge in [0.15, 0.2) is 0 Å². The van der Waals surface area contributed by atoms with E-state index in [1.54, 1.807) is 19.2 Å². The Kier molecular flexibility index (Phi) is 4.39. The van der Waals surface area contributed by atoms with Crippen LogP contribution in [0.5, 0.6) is 0 Å². The van der Waals surface area contributed by atoms with Crippen molar-refractivity contribution in [2.75, 3.05) is 11.9 Å². The van der Waals surface area contributed by atoms with Crippen LogP contribution in [0.4, 0.5) is 11.4 Å². The molecule has 0 fully saturated rings. The largest absolute Gasteiger partial charge is 0.384 e. The first-order chi connectivity index (χ1) is 9.49. The van der Waals surface area contributed by atoms with E-state index in [9.17, 15) is 10.1 Å². The van der Waals surface area contributed by atoms with Crippen molar-refractivity contribution in [3.8, 4) is 0 Å². The Bertz CT molecular complexity index is 639. The van der Waals surface area contributed by atoms with E-state index in [4.69, 9.17) is 0 Å². The number of hydrogen-bond donors (Lipinski definition) is 1. The van der Waals surface area contributed by atoms with Crippen LogP contribution in [-0.2, 0) is 13.5 Å². The molecule has 106 valence electrons. The molecule has 7 heteroatoms. The minimum atomic E-state index is -0.377. The summed E-state index contributed by atoms with van der Waals surface area (Å²) >= 11 is 3.36. The first-order valence-electron chi connectivity index (χ1n) is 6.13. The summed E-state index contributed by atoms with van der Waals surface area (Å²) in [6.45, 7) is 2.44. The second-order valence-corrected chi connectivity index (χ2v) is 5.36. The number of aromatic nitrogens is 2. The van der Waals surface area contributed by atoms with Gasteiger partial charge < -0.3 is 9.88 Å². The quantitative estimate of drug-likeness (QED) is 0.671. The maximum atomic E-state index is 10.8. The number of benzene rings is 1. The van der Waals surface area contributed by atoms with Gasteiger partial charge in [-0.15, -0.1) is 0 Å². The van der Waals surface area contributed by atoms with Gasteiger partial charge in [-0.1, -0.05) is 0 Å². The highest BCUT2D eigenvalue weighted by Gasteiger charge is 2.13. The molecule has 20 heavy (non-hydrogen) atoms. The zero-order valence-electron chi connectivity index (χ0n) is 11.3. The molecule has 0 bridgehead atoms. The maximum Gasteiger partial charge on any atom is 0.273 e. The summed E-state index contributed by atoms with van der Waals surface area (Å²) in [6, 6.07) is 3.30. The average molecular weight is 339 g/mol. The van der Waals surface area contributed by atoms with Crippen LogP contribution in [-0.4, -0.2) is 21.0 Å². The molecule has 0 amide bonds. The Balaban J connectivity index is 2.05. The summed E-state index contributed by atoms with van der Waals surface area (Å²) in [6.07, 6.45) is 4.45. The van der Waals surface area contributed by atoms with Gasteiger partial charge in [0, 0.05) is 54.2 Å². The number of imidazole rings is 1. The highest BCUT2D eigenvalue weighted by molar-refractivity contribution is 9.10. The van der Waals surface area contributed by atoms with Gasteiger partial charge in [0.25, 0.3) is 5.69 Å². The second-order valence-electron chi connectivity index (χ2n) is 4.51. The molecular weight excluding hydrogens is 324 g/mol. The first kappa shape index (κ1) is 14.5. The third-order valence-corrected chi connectivity index (χ3v) is 3.72. The van der Waals surface area contributed by atoms with Crippen molar-refractivity contribution in [2.24, 2.45) is 7.05 Å². The Morgan fingerprint density at radius 3 is 2.85 bits per heavy atom. The second kappa shape index (κ2) is 6.04. The summed E-state index contributed by atoms with van der Waals surface area (Å²) < 4.78 is 2.66. The number of nitro groups is 1. The van der Waals surface area contributed by atoms with Crippen LogP contribution >= 0.6 is 15.9 Å². The molecule has 0 radical (unpaired) electrons. The van der Waals surface area contributed by atoms with Crippen molar-refractivity contribution < 1.29 is 4.92 Å². The lowest BCUT2D eigenvalue weighted by Crippen LogP contribution is -2.09. The highest BCUT2D eigenvalue weighted by Crippen LogP contribution is 2.30. The van der Waals surface area contributed by atoms with Crippen LogP contribution in [0.25, 0.3) is 0 Å². The fraction of sp³-hybridized carbons (Fsp3) is 0.308. The minimum absolute atomic E-state index is 0.117. The Labute approximate surface area is 125 Å². The molecule has 0 spiro atoms. The minimum Gasteiger partial charge on any atom is -0.384 e. The molecule has 6 nitrogen and oxygen atoms in total. The van der Waals surface area contributed by atoms with Gasteiger partial charge in [0.2, 0.25) is 0 Å². The Morgan fingerprint density at radius 2 is 2.25 bits per heavy atom. The summed E-state index contributed by atoms with van der Waals surface area (Å²) in [5.41, 5.74) is 1.60. The highest BCUT2D eigenvalue weighted by atomic mass is 79.9. The van der Waals surface area contributed by atoms with Gasteiger partial charge in [-0.3, -0.25) is 10.1 Å². The number of halogens is 1. The molecule has 1 aromatic carbocycles. The van der Waals surface area contributed by atoms with E-state index in [-0.39, 0.29) is 10.6 Å². The fourth-order valence-electron chi connectivity index (χ4n) is 1.95. The van der Waals surface area contributed by atoms with E-state index >= 15 is 0 Å². The van der Waals surface area contributed by atoms with Gasteiger partial charge in [-0.05, 0) is 28.9 Å². The lowest BCUT2D eigenvalue weighted by molar-refractivity contribution is -0.385. The number of nitro benzene ring substituents is 1. The van der Waals surface area contributed by atoms with E-state index in [1.807, 2.05) is 17.8 Å². The predicted molar refractivity (Wildman–Crippen MR) is 80.9 cm³/mol. The van der Waals surface area contributed by atoms with Crippen LogP contribution in [0.3, 0.4) is 0 Å². The molecular formula is C13H15BrN4O2. The summed E-state index contributed by atoms with van der Waals surface area (Å²) in [5, 5.41) is 14.1. The first-order valence-corrected chi connectivity index (χ1v) is 6.93. The number of rotatable bonds is 5. The van der Waals surface area contributed by atoms with E-state index in [1.165, 1.54) is 6.07 Å². The third-order valence-electron chi connectivity index (χ3n) is 3.07. The molecule has 2 rings (SSSR count). The predicted octanol–water partition coefficient (Wildman–Crippen LogP) is 3.05. The van der Waals surface area contributed by atoms with Gasteiger partial charge in [0.1, 0.15) is 5.82 Å². The number of nitrogens with zero attached hydrogens (tertiary/aromatic N) is 3. The van der Waals surface area contributed by atoms with Crippen LogP contribution in [0.1, 0.15) is 11.4 Å². The average Bonchev–Trinajstić information content (AvgIpc) is 2.78. The fourth-order valence-corrected chi connectivity index (χ4v) is 2.42. The molecule has 1 heterocycles. The number of hydrogen-bond acceptors (Lipinski definition) is 4. The molecule has 0 saturated heterocycles. The lowest BCUT2D eigenvalue weighted by atomic mass is 10.2. The molecule has 0 aliphatic heterocycles. The van der Waals surface area contributed by atoms with Crippen molar-refractivity contribution in [3.63, 3.8) is 0 Å². The Hall–Kier alpha value is -1.89. The molecule has 0 aliphatic rings. The van der Waals surface area contributed by atoms with Crippen molar-refractivity contribution >= 4 is 27.3 Å². The van der Waals surface area contributed by atoms with E-state index < -0.39 is 0 Å². The molecule has 0 aliphatic carbocycles. The summed E-state index contributed by atoms with van der Waals surface area (Å²) in [5.74, 6) is 0.993. The Morgan fingerprint density at radius 1 is 1.50 bits per heavy atom. The number of aryl methyl sites for hydroxylation is 2. The molecule has 0 atom stereocenters.